The summed E-state index contributed by atoms with van der Waals surface area (Å²) in [6.07, 6.45) is -0.104. The summed E-state index contributed by atoms with van der Waals surface area (Å²) < 4.78 is 42.1. The van der Waals surface area contributed by atoms with Gasteiger partial charge in [0.1, 0.15) is 22.8 Å². The number of amides is 1. The highest BCUT2D eigenvalue weighted by molar-refractivity contribution is 7.90. The Hall–Kier alpha value is -2.49. The Labute approximate surface area is 180 Å². The maximum atomic E-state index is 13.2. The van der Waals surface area contributed by atoms with E-state index in [-0.39, 0.29) is 17.7 Å². The predicted octanol–water partition coefficient (Wildman–Crippen LogP) is 2.49. The van der Waals surface area contributed by atoms with Gasteiger partial charge < -0.3 is 19.5 Å². The summed E-state index contributed by atoms with van der Waals surface area (Å²) >= 11 is 6.02. The van der Waals surface area contributed by atoms with Crippen LogP contribution in [0.25, 0.3) is 0 Å². The van der Waals surface area contributed by atoms with Crippen LogP contribution < -0.4 is 24.7 Å². The maximum Gasteiger partial charge on any atom is 0.256 e. The van der Waals surface area contributed by atoms with Crippen molar-refractivity contribution >= 4 is 27.5 Å². The van der Waals surface area contributed by atoms with Crippen LogP contribution in [-0.4, -0.2) is 39.0 Å². The van der Waals surface area contributed by atoms with E-state index in [2.05, 4.69) is 5.32 Å². The van der Waals surface area contributed by atoms with Crippen molar-refractivity contribution in [3.8, 4) is 17.2 Å². The predicted molar refractivity (Wildman–Crippen MR) is 113 cm³/mol. The first-order chi connectivity index (χ1) is 13.9. The number of primary sulfonamides is 1. The van der Waals surface area contributed by atoms with Gasteiger partial charge in [-0.15, -0.1) is 0 Å². The largest absolute Gasteiger partial charge is 0.497 e. The molecule has 0 aromatic heterocycles. The molecule has 1 heterocycles. The van der Waals surface area contributed by atoms with Gasteiger partial charge in [-0.1, -0.05) is 17.7 Å². The van der Waals surface area contributed by atoms with Crippen molar-refractivity contribution in [1.82, 2.24) is 5.32 Å². The summed E-state index contributed by atoms with van der Waals surface area (Å²) in [6, 6.07) is 9.48. The lowest BCUT2D eigenvalue weighted by molar-refractivity contribution is 0.0250. The topological polar surface area (TPSA) is 117 Å². The van der Waals surface area contributed by atoms with E-state index in [0.29, 0.717) is 22.1 Å². The summed E-state index contributed by atoms with van der Waals surface area (Å²) in [6.45, 7) is 3.10. The molecule has 1 aliphatic rings. The minimum absolute atomic E-state index is 0.0735. The Morgan fingerprint density at radius 1 is 1.17 bits per heavy atom. The third-order valence-corrected chi connectivity index (χ3v) is 7.20. The van der Waals surface area contributed by atoms with Crippen LogP contribution in [0.15, 0.2) is 36.4 Å². The van der Waals surface area contributed by atoms with E-state index in [1.807, 2.05) is 0 Å². The zero-order valence-corrected chi connectivity index (χ0v) is 18.6. The number of ether oxygens (including phenoxy) is 3. The first kappa shape index (κ1) is 22.2. The molecule has 0 spiro atoms. The molecule has 1 unspecified atom stereocenters. The van der Waals surface area contributed by atoms with Crippen LogP contribution in [-0.2, 0) is 16.4 Å². The van der Waals surface area contributed by atoms with Crippen LogP contribution >= 0.6 is 11.6 Å². The fourth-order valence-electron chi connectivity index (χ4n) is 3.56. The smallest absolute Gasteiger partial charge is 0.256 e. The third-order valence-electron chi connectivity index (χ3n) is 5.26. The lowest BCUT2D eigenvalue weighted by Crippen LogP contribution is -2.72. The molecule has 0 fully saturated rings. The highest BCUT2D eigenvalue weighted by Gasteiger charge is 2.59. The number of sulfonamides is 1. The maximum absolute atomic E-state index is 13.2. The molecule has 8 nitrogen and oxygen atoms in total. The third kappa shape index (κ3) is 3.68. The number of hydrogen-bond acceptors (Lipinski definition) is 6. The van der Waals surface area contributed by atoms with Crippen LogP contribution in [0.4, 0.5) is 0 Å². The molecule has 162 valence electrons. The highest BCUT2D eigenvalue weighted by Crippen LogP contribution is 2.43. The Bertz CT molecular complexity index is 1100. The van der Waals surface area contributed by atoms with Crippen molar-refractivity contribution in [1.29, 1.82) is 0 Å². The fourth-order valence-corrected chi connectivity index (χ4v) is 5.05. The number of nitrogens with two attached hydrogens (primary N) is 1. The first-order valence-corrected chi connectivity index (χ1v) is 10.9. The minimum atomic E-state index is -4.35. The molecule has 2 aromatic rings. The molecule has 2 aromatic carbocycles. The number of halogens is 1. The molecule has 10 heteroatoms. The normalized spacial score (nSPS) is 19.9. The van der Waals surface area contributed by atoms with Gasteiger partial charge in [0.15, 0.2) is 4.87 Å². The second kappa shape index (κ2) is 7.64. The molecule has 1 amide bonds. The number of carbonyl (C=O) groups excluding carboxylic acids is 1. The van der Waals surface area contributed by atoms with Crippen LogP contribution in [0.1, 0.15) is 29.8 Å². The molecule has 0 saturated heterocycles. The van der Waals surface area contributed by atoms with E-state index >= 15 is 0 Å². The molecule has 0 aliphatic carbocycles. The van der Waals surface area contributed by atoms with E-state index < -0.39 is 26.4 Å². The minimum Gasteiger partial charge on any atom is -0.497 e. The van der Waals surface area contributed by atoms with Crippen molar-refractivity contribution in [3.05, 3.63) is 52.5 Å². The molecule has 30 heavy (non-hydrogen) atoms. The van der Waals surface area contributed by atoms with Gasteiger partial charge in [0.25, 0.3) is 5.91 Å². The lowest BCUT2D eigenvalue weighted by atomic mass is 9.87. The van der Waals surface area contributed by atoms with Crippen LogP contribution in [0, 0.1) is 0 Å². The standard InChI is InChI=1S/C20H23ClN2O6S/c1-19(2)20(30(22,25)26,11-12-5-7-14(27-3)10-17(12)29-19)23-18(24)15-9-13(21)6-8-16(15)28-4/h5-10H,11H2,1-4H3,(H,23,24)(H2,22,25,26). The molecule has 0 saturated carbocycles. The molecule has 3 rings (SSSR count). The van der Waals surface area contributed by atoms with Gasteiger partial charge in [0, 0.05) is 17.5 Å². The van der Waals surface area contributed by atoms with Gasteiger partial charge in [-0.2, -0.15) is 0 Å². The van der Waals surface area contributed by atoms with E-state index in [4.69, 9.17) is 31.0 Å². The SMILES string of the molecule is COc1ccc2c(c1)OC(C)(C)C(NC(=O)c1cc(Cl)ccc1OC)(S(N)(=O)=O)C2. The monoisotopic (exact) mass is 454 g/mol. The number of nitrogens with one attached hydrogen (secondary N) is 1. The van der Waals surface area contributed by atoms with E-state index in [9.17, 15) is 13.2 Å². The second-order valence-corrected chi connectivity index (χ2v) is 9.66. The number of rotatable bonds is 5. The summed E-state index contributed by atoms with van der Waals surface area (Å²) in [5.74, 6) is 0.534. The van der Waals surface area contributed by atoms with E-state index in [1.165, 1.54) is 26.4 Å². The fraction of sp³-hybridized carbons (Fsp3) is 0.350. The van der Waals surface area contributed by atoms with Crippen molar-refractivity contribution < 1.29 is 27.4 Å². The van der Waals surface area contributed by atoms with Gasteiger partial charge in [-0.3, -0.25) is 4.79 Å². The van der Waals surface area contributed by atoms with Gasteiger partial charge in [0.05, 0.1) is 19.8 Å². The number of methoxy groups -OCH3 is 2. The van der Waals surface area contributed by atoms with E-state index in [0.717, 1.165) is 0 Å². The summed E-state index contributed by atoms with van der Waals surface area (Å²) in [7, 11) is -1.44. The zero-order chi connectivity index (χ0) is 22.3. The molecule has 0 radical (unpaired) electrons. The number of carbonyl (C=O) groups is 1. The van der Waals surface area contributed by atoms with Crippen LogP contribution in [0.2, 0.25) is 5.02 Å². The van der Waals surface area contributed by atoms with Crippen LogP contribution in [0.5, 0.6) is 17.2 Å². The Kier molecular flexibility index (Phi) is 5.66. The Morgan fingerprint density at radius 2 is 1.87 bits per heavy atom. The van der Waals surface area contributed by atoms with Crippen LogP contribution in [0.3, 0.4) is 0 Å². The second-order valence-electron chi connectivity index (χ2n) is 7.43. The highest BCUT2D eigenvalue weighted by atomic mass is 35.5. The molecule has 1 atom stereocenters. The quantitative estimate of drug-likeness (QED) is 0.716. The van der Waals surface area contributed by atoms with Crippen molar-refractivity contribution in [2.24, 2.45) is 5.14 Å². The van der Waals surface area contributed by atoms with E-state index in [1.54, 1.807) is 38.1 Å². The van der Waals surface area contributed by atoms with Gasteiger partial charge in [-0.05, 0) is 43.7 Å². The number of hydrogen-bond donors (Lipinski definition) is 2. The van der Waals surface area contributed by atoms with Crippen molar-refractivity contribution in [2.45, 2.75) is 30.7 Å². The van der Waals surface area contributed by atoms with Gasteiger partial charge >= 0.3 is 0 Å². The first-order valence-electron chi connectivity index (χ1n) is 8.98. The number of benzene rings is 2. The molecule has 3 N–H and O–H groups in total. The molecular formula is C20H23ClN2O6S. The summed E-state index contributed by atoms with van der Waals surface area (Å²) in [5.41, 5.74) is -0.784. The average Bonchev–Trinajstić information content (AvgIpc) is 2.66. The van der Waals surface area contributed by atoms with Crippen molar-refractivity contribution in [3.63, 3.8) is 0 Å². The Balaban J connectivity index is 2.12. The molecule has 1 aliphatic heterocycles. The number of fused-ring (bicyclic) bond motifs is 1. The lowest BCUT2D eigenvalue weighted by Gasteiger charge is -2.48. The van der Waals surface area contributed by atoms with Gasteiger partial charge in [0.2, 0.25) is 10.0 Å². The molecule has 0 bridgehead atoms. The van der Waals surface area contributed by atoms with Crippen molar-refractivity contribution in [2.75, 3.05) is 14.2 Å². The van der Waals surface area contributed by atoms with Gasteiger partial charge in [-0.25, -0.2) is 13.6 Å². The Morgan fingerprint density at radius 3 is 2.47 bits per heavy atom. The summed E-state index contributed by atoms with van der Waals surface area (Å²) in [5, 5.41) is 8.55. The molecular weight excluding hydrogens is 432 g/mol. The zero-order valence-electron chi connectivity index (χ0n) is 17.0. The summed E-state index contributed by atoms with van der Waals surface area (Å²) in [4.78, 5) is 11.2. The average molecular weight is 455 g/mol.